The van der Waals surface area contributed by atoms with Gasteiger partial charge in [0, 0.05) is 26.1 Å². The van der Waals surface area contributed by atoms with E-state index in [0.717, 1.165) is 44.1 Å². The molecule has 2 amide bonds. The summed E-state index contributed by atoms with van der Waals surface area (Å²) in [5.41, 5.74) is 3.84. The van der Waals surface area contributed by atoms with Crippen LogP contribution in [0, 0.1) is 5.92 Å². The molecule has 0 radical (unpaired) electrons. The number of carbonyl (C=O) groups is 2. The molecule has 3 heterocycles. The number of hydrogen-bond donors (Lipinski definition) is 2. The molecule has 1 aromatic rings. The van der Waals surface area contributed by atoms with Gasteiger partial charge in [-0.25, -0.2) is 0 Å². The quantitative estimate of drug-likeness (QED) is 0.819. The van der Waals surface area contributed by atoms with Crippen LogP contribution < -0.4 is 10.6 Å². The van der Waals surface area contributed by atoms with Crippen molar-refractivity contribution in [2.75, 3.05) is 26.2 Å². The highest BCUT2D eigenvalue weighted by Crippen LogP contribution is 2.29. The molecule has 2 saturated heterocycles. The number of imide groups is 1. The molecule has 0 spiro atoms. The van der Waals surface area contributed by atoms with Crippen molar-refractivity contribution in [1.29, 1.82) is 0 Å². The monoisotopic (exact) mass is 341 g/mol. The normalized spacial score (nSPS) is 25.5. The molecule has 0 bridgehead atoms. The van der Waals surface area contributed by atoms with Gasteiger partial charge < -0.3 is 5.32 Å². The third-order valence-corrected chi connectivity index (χ3v) is 5.94. The molecule has 2 fully saturated rings. The van der Waals surface area contributed by atoms with Crippen LogP contribution in [0.25, 0.3) is 0 Å². The van der Waals surface area contributed by atoms with Crippen molar-refractivity contribution in [3.63, 3.8) is 0 Å². The van der Waals surface area contributed by atoms with Gasteiger partial charge in [0.25, 0.3) is 0 Å². The molecule has 0 unspecified atom stereocenters. The molecule has 4 rings (SSSR count). The topological polar surface area (TPSA) is 61.4 Å². The minimum atomic E-state index is -0.171. The van der Waals surface area contributed by atoms with Gasteiger partial charge in [0.2, 0.25) is 11.8 Å². The summed E-state index contributed by atoms with van der Waals surface area (Å²) in [5.74, 6) is 0.369. The van der Waals surface area contributed by atoms with Crippen molar-refractivity contribution in [3.05, 3.63) is 34.9 Å². The Bertz CT molecular complexity index is 667. The van der Waals surface area contributed by atoms with Crippen LogP contribution in [0.5, 0.6) is 0 Å². The van der Waals surface area contributed by atoms with E-state index in [9.17, 15) is 9.59 Å². The molecule has 2 N–H and O–H groups in total. The Labute approximate surface area is 149 Å². The van der Waals surface area contributed by atoms with Crippen molar-refractivity contribution >= 4 is 11.8 Å². The molecule has 3 aliphatic heterocycles. The van der Waals surface area contributed by atoms with Crippen LogP contribution in [-0.4, -0.2) is 42.9 Å². The Morgan fingerprint density at radius 3 is 2.68 bits per heavy atom. The lowest BCUT2D eigenvalue weighted by molar-refractivity contribution is -0.134. The first-order valence-corrected chi connectivity index (χ1v) is 9.57. The van der Waals surface area contributed by atoms with Crippen LogP contribution in [0.15, 0.2) is 18.2 Å². The first kappa shape index (κ1) is 16.7. The maximum absolute atomic E-state index is 12.1. The van der Waals surface area contributed by atoms with Crippen LogP contribution in [-0.2, 0) is 22.6 Å². The Morgan fingerprint density at radius 1 is 1.04 bits per heavy atom. The van der Waals surface area contributed by atoms with E-state index in [2.05, 4.69) is 33.7 Å². The molecule has 1 atom stereocenters. The highest BCUT2D eigenvalue weighted by Gasteiger charge is 2.29. The van der Waals surface area contributed by atoms with E-state index in [1.807, 2.05) is 0 Å². The number of piperidine rings is 2. The van der Waals surface area contributed by atoms with E-state index in [1.165, 1.54) is 30.5 Å². The van der Waals surface area contributed by atoms with E-state index in [4.69, 9.17) is 0 Å². The number of amides is 2. The number of nitrogens with zero attached hydrogens (tertiary/aromatic N) is 1. The number of fused-ring (bicyclic) bond motifs is 1. The van der Waals surface area contributed by atoms with E-state index < -0.39 is 0 Å². The Morgan fingerprint density at radius 2 is 1.88 bits per heavy atom. The van der Waals surface area contributed by atoms with Gasteiger partial charge in [-0.05, 0) is 61.4 Å². The van der Waals surface area contributed by atoms with Gasteiger partial charge in [-0.1, -0.05) is 18.2 Å². The standard InChI is InChI=1S/C20H27N3O2/c24-19-4-3-18(20(25)22-19)16-1-2-17-13-23(10-7-15(17)11-16)12-14-5-8-21-9-6-14/h1-2,11,14,18,21H,3-10,12-13H2,(H,22,24,25)/t18-/m1/s1. The molecule has 0 saturated carbocycles. The minimum Gasteiger partial charge on any atom is -0.317 e. The summed E-state index contributed by atoms with van der Waals surface area (Å²) < 4.78 is 0. The molecule has 25 heavy (non-hydrogen) atoms. The van der Waals surface area contributed by atoms with E-state index in [0.29, 0.717) is 12.8 Å². The molecule has 5 nitrogen and oxygen atoms in total. The molecular weight excluding hydrogens is 314 g/mol. The molecule has 5 heteroatoms. The first-order valence-electron chi connectivity index (χ1n) is 9.57. The highest BCUT2D eigenvalue weighted by molar-refractivity contribution is 6.00. The van der Waals surface area contributed by atoms with Gasteiger partial charge >= 0.3 is 0 Å². The van der Waals surface area contributed by atoms with Crippen molar-refractivity contribution in [3.8, 4) is 0 Å². The highest BCUT2D eigenvalue weighted by atomic mass is 16.2. The second kappa shape index (κ2) is 7.26. The van der Waals surface area contributed by atoms with Crippen molar-refractivity contribution in [1.82, 2.24) is 15.5 Å². The van der Waals surface area contributed by atoms with E-state index >= 15 is 0 Å². The summed E-state index contributed by atoms with van der Waals surface area (Å²) in [6.45, 7) is 5.65. The van der Waals surface area contributed by atoms with E-state index in [1.54, 1.807) is 0 Å². The Kier molecular flexibility index (Phi) is 4.86. The van der Waals surface area contributed by atoms with Crippen molar-refractivity contribution < 1.29 is 9.59 Å². The maximum atomic E-state index is 12.1. The summed E-state index contributed by atoms with van der Waals surface area (Å²) in [5, 5.41) is 5.91. The number of benzene rings is 1. The number of hydrogen-bond acceptors (Lipinski definition) is 4. The van der Waals surface area contributed by atoms with Crippen molar-refractivity contribution in [2.45, 2.75) is 44.6 Å². The summed E-state index contributed by atoms with van der Waals surface area (Å²) in [6, 6.07) is 6.49. The molecule has 0 aliphatic carbocycles. The van der Waals surface area contributed by atoms with Crippen LogP contribution >= 0.6 is 0 Å². The van der Waals surface area contributed by atoms with Crippen molar-refractivity contribution in [2.24, 2.45) is 5.92 Å². The molecule has 134 valence electrons. The second-order valence-electron chi connectivity index (χ2n) is 7.71. The first-order chi connectivity index (χ1) is 12.2. The second-order valence-corrected chi connectivity index (χ2v) is 7.71. The zero-order valence-electron chi connectivity index (χ0n) is 14.7. The number of nitrogens with one attached hydrogen (secondary N) is 2. The predicted octanol–water partition coefficient (Wildman–Crippen LogP) is 1.56. The Hall–Kier alpha value is -1.72. The predicted molar refractivity (Wildman–Crippen MR) is 96.1 cm³/mol. The van der Waals surface area contributed by atoms with Crippen LogP contribution in [0.4, 0.5) is 0 Å². The fourth-order valence-electron chi connectivity index (χ4n) is 4.44. The van der Waals surface area contributed by atoms with E-state index in [-0.39, 0.29) is 17.7 Å². The molecular formula is C20H27N3O2. The summed E-state index contributed by atoms with van der Waals surface area (Å²) in [7, 11) is 0. The molecule has 3 aliphatic rings. The molecule has 0 aromatic heterocycles. The van der Waals surface area contributed by atoms with Crippen LogP contribution in [0.2, 0.25) is 0 Å². The van der Waals surface area contributed by atoms with Gasteiger partial charge in [0.05, 0.1) is 5.92 Å². The zero-order chi connectivity index (χ0) is 17.2. The largest absolute Gasteiger partial charge is 0.317 e. The smallest absolute Gasteiger partial charge is 0.234 e. The third-order valence-electron chi connectivity index (χ3n) is 5.94. The third kappa shape index (κ3) is 3.77. The maximum Gasteiger partial charge on any atom is 0.234 e. The van der Waals surface area contributed by atoms with Crippen LogP contribution in [0.1, 0.15) is 48.3 Å². The summed E-state index contributed by atoms with van der Waals surface area (Å²) in [6.07, 6.45) is 4.71. The lowest BCUT2D eigenvalue weighted by Gasteiger charge is -2.34. The summed E-state index contributed by atoms with van der Waals surface area (Å²) in [4.78, 5) is 26.0. The lowest BCUT2D eigenvalue weighted by atomic mass is 9.87. The minimum absolute atomic E-state index is 0.139. The number of rotatable bonds is 3. The van der Waals surface area contributed by atoms with Gasteiger partial charge in [-0.3, -0.25) is 19.8 Å². The van der Waals surface area contributed by atoms with Gasteiger partial charge in [-0.15, -0.1) is 0 Å². The van der Waals surface area contributed by atoms with Gasteiger partial charge in [-0.2, -0.15) is 0 Å². The van der Waals surface area contributed by atoms with Gasteiger partial charge in [0.1, 0.15) is 0 Å². The Balaban J connectivity index is 1.42. The zero-order valence-corrected chi connectivity index (χ0v) is 14.7. The average molecular weight is 341 g/mol. The lowest BCUT2D eigenvalue weighted by Crippen LogP contribution is -2.40. The van der Waals surface area contributed by atoms with Crippen LogP contribution in [0.3, 0.4) is 0 Å². The fourth-order valence-corrected chi connectivity index (χ4v) is 4.44. The summed E-state index contributed by atoms with van der Waals surface area (Å²) >= 11 is 0. The fraction of sp³-hybridized carbons (Fsp3) is 0.600. The number of carbonyl (C=O) groups excluding carboxylic acids is 2. The van der Waals surface area contributed by atoms with Gasteiger partial charge in [0.15, 0.2) is 0 Å². The molecule has 1 aromatic carbocycles. The average Bonchev–Trinajstić information content (AvgIpc) is 2.62. The SMILES string of the molecule is O=C1CC[C@H](c2ccc3c(c2)CCN(CC2CCNCC2)C3)C(=O)N1.